The van der Waals surface area contributed by atoms with Crippen molar-refractivity contribution in [2.24, 2.45) is 5.92 Å². The summed E-state index contributed by atoms with van der Waals surface area (Å²) in [6.07, 6.45) is 2.20. The fraction of sp³-hybridized carbons (Fsp3) is 0.286. The molecule has 1 aliphatic rings. The van der Waals surface area contributed by atoms with Gasteiger partial charge in [-0.1, -0.05) is 11.6 Å². The standard InChI is InChI=1S/C14H12ClFN2O2/c15-10-5-9-12(6-11(10)16)17-3-1-13(9)18-4-2-8(7-18)14(19)20/h1,3,5-6,8H,2,4,7H2,(H,19,20). The molecule has 1 N–H and O–H groups in total. The second kappa shape index (κ2) is 4.90. The van der Waals surface area contributed by atoms with E-state index >= 15 is 0 Å². The largest absolute Gasteiger partial charge is 0.481 e. The quantitative estimate of drug-likeness (QED) is 0.925. The highest BCUT2D eigenvalue weighted by molar-refractivity contribution is 6.31. The van der Waals surface area contributed by atoms with E-state index < -0.39 is 11.8 Å². The van der Waals surface area contributed by atoms with E-state index in [-0.39, 0.29) is 10.9 Å². The molecule has 0 spiro atoms. The molecule has 20 heavy (non-hydrogen) atoms. The van der Waals surface area contributed by atoms with Crippen LogP contribution >= 0.6 is 11.6 Å². The van der Waals surface area contributed by atoms with E-state index in [4.69, 9.17) is 16.7 Å². The summed E-state index contributed by atoms with van der Waals surface area (Å²) in [5, 5.41) is 9.85. The minimum atomic E-state index is -0.782. The van der Waals surface area contributed by atoms with Crippen LogP contribution < -0.4 is 4.90 Å². The molecule has 0 radical (unpaired) electrons. The zero-order chi connectivity index (χ0) is 14.3. The highest BCUT2D eigenvalue weighted by atomic mass is 35.5. The molecule has 0 bridgehead atoms. The number of nitrogens with zero attached hydrogens (tertiary/aromatic N) is 2. The van der Waals surface area contributed by atoms with E-state index in [1.807, 2.05) is 4.90 Å². The third kappa shape index (κ3) is 2.18. The topological polar surface area (TPSA) is 53.4 Å². The molecule has 1 fully saturated rings. The fourth-order valence-corrected chi connectivity index (χ4v) is 2.75. The number of aliphatic carboxylic acids is 1. The Morgan fingerprint density at radius 1 is 1.50 bits per heavy atom. The predicted octanol–water partition coefficient (Wildman–Crippen LogP) is 2.94. The first-order valence-electron chi connectivity index (χ1n) is 6.28. The van der Waals surface area contributed by atoms with E-state index in [2.05, 4.69) is 4.98 Å². The number of benzene rings is 1. The van der Waals surface area contributed by atoms with Crippen molar-refractivity contribution in [3.05, 3.63) is 35.2 Å². The molecule has 4 nitrogen and oxygen atoms in total. The Bertz CT molecular complexity index is 692. The predicted molar refractivity (Wildman–Crippen MR) is 74.7 cm³/mol. The number of aromatic nitrogens is 1. The van der Waals surface area contributed by atoms with Gasteiger partial charge in [-0.15, -0.1) is 0 Å². The molecule has 0 aliphatic carbocycles. The molecule has 1 aliphatic heterocycles. The first kappa shape index (κ1) is 13.1. The van der Waals surface area contributed by atoms with Gasteiger partial charge >= 0.3 is 5.97 Å². The molecule has 3 rings (SSSR count). The number of carbonyl (C=O) groups is 1. The van der Waals surface area contributed by atoms with Crippen molar-refractivity contribution in [3.8, 4) is 0 Å². The number of halogens is 2. The Hall–Kier alpha value is -1.88. The van der Waals surface area contributed by atoms with Gasteiger partial charge < -0.3 is 10.0 Å². The van der Waals surface area contributed by atoms with Crippen LogP contribution in [0.4, 0.5) is 10.1 Å². The molecule has 1 unspecified atom stereocenters. The smallest absolute Gasteiger partial charge is 0.308 e. The molecule has 1 atom stereocenters. The van der Waals surface area contributed by atoms with Gasteiger partial charge in [-0.2, -0.15) is 0 Å². The van der Waals surface area contributed by atoms with Crippen LogP contribution in [0.1, 0.15) is 6.42 Å². The number of carboxylic acid groups (broad SMARTS) is 1. The van der Waals surface area contributed by atoms with Gasteiger partial charge in [-0.25, -0.2) is 4.39 Å². The maximum atomic E-state index is 13.5. The number of hydrogen-bond donors (Lipinski definition) is 1. The monoisotopic (exact) mass is 294 g/mol. The van der Waals surface area contributed by atoms with Crippen molar-refractivity contribution < 1.29 is 14.3 Å². The van der Waals surface area contributed by atoms with Crippen LogP contribution in [0.15, 0.2) is 24.4 Å². The lowest BCUT2D eigenvalue weighted by Gasteiger charge is -2.20. The summed E-state index contributed by atoms with van der Waals surface area (Å²) in [6, 6.07) is 4.65. The number of hydrogen-bond acceptors (Lipinski definition) is 3. The van der Waals surface area contributed by atoms with Crippen molar-refractivity contribution in [1.82, 2.24) is 4.98 Å². The minimum Gasteiger partial charge on any atom is -0.481 e. The van der Waals surface area contributed by atoms with Gasteiger partial charge in [0.25, 0.3) is 0 Å². The third-order valence-corrected chi connectivity index (χ3v) is 3.93. The van der Waals surface area contributed by atoms with Crippen molar-refractivity contribution in [1.29, 1.82) is 0 Å². The van der Waals surface area contributed by atoms with Gasteiger partial charge in [0, 0.05) is 36.4 Å². The fourth-order valence-electron chi connectivity index (χ4n) is 2.58. The third-order valence-electron chi connectivity index (χ3n) is 3.64. The SMILES string of the molecule is O=C(O)C1CCN(c2ccnc3cc(F)c(Cl)cc23)C1. The summed E-state index contributed by atoms with van der Waals surface area (Å²) in [7, 11) is 0. The number of rotatable bonds is 2. The van der Waals surface area contributed by atoms with Gasteiger partial charge in [0.15, 0.2) is 0 Å². The lowest BCUT2D eigenvalue weighted by Crippen LogP contribution is -2.22. The van der Waals surface area contributed by atoms with Crippen LogP contribution in [-0.4, -0.2) is 29.1 Å². The maximum absolute atomic E-state index is 13.5. The van der Waals surface area contributed by atoms with E-state index in [0.29, 0.717) is 25.0 Å². The van der Waals surface area contributed by atoms with Gasteiger partial charge in [0.1, 0.15) is 5.82 Å². The highest BCUT2D eigenvalue weighted by Crippen LogP contribution is 2.32. The van der Waals surface area contributed by atoms with E-state index in [1.165, 1.54) is 6.07 Å². The number of carboxylic acids is 1. The molecule has 1 saturated heterocycles. The Kier molecular flexibility index (Phi) is 3.22. The molecule has 1 aromatic carbocycles. The zero-order valence-electron chi connectivity index (χ0n) is 10.5. The van der Waals surface area contributed by atoms with Crippen molar-refractivity contribution in [2.75, 3.05) is 18.0 Å². The van der Waals surface area contributed by atoms with Crippen LogP contribution in [0.3, 0.4) is 0 Å². The number of anilines is 1. The second-order valence-corrected chi connectivity index (χ2v) is 5.29. The molecular weight excluding hydrogens is 283 g/mol. The molecule has 6 heteroatoms. The molecular formula is C14H12ClFN2O2. The summed E-state index contributed by atoms with van der Waals surface area (Å²) in [6.45, 7) is 1.11. The Morgan fingerprint density at radius 2 is 2.30 bits per heavy atom. The van der Waals surface area contributed by atoms with Crippen LogP contribution in [0.25, 0.3) is 10.9 Å². The summed E-state index contributed by atoms with van der Waals surface area (Å²) in [5.74, 6) is -1.65. The molecule has 0 saturated carbocycles. The molecule has 104 valence electrons. The van der Waals surface area contributed by atoms with Crippen LogP contribution in [0, 0.1) is 11.7 Å². The van der Waals surface area contributed by atoms with Gasteiger partial charge in [-0.3, -0.25) is 9.78 Å². The maximum Gasteiger partial charge on any atom is 0.308 e. The Labute approximate surface area is 119 Å². The van der Waals surface area contributed by atoms with Gasteiger partial charge in [-0.05, 0) is 18.6 Å². The molecule has 0 amide bonds. The number of fused-ring (bicyclic) bond motifs is 1. The average molecular weight is 295 g/mol. The Morgan fingerprint density at radius 3 is 3.00 bits per heavy atom. The van der Waals surface area contributed by atoms with E-state index in [9.17, 15) is 9.18 Å². The second-order valence-electron chi connectivity index (χ2n) is 4.88. The van der Waals surface area contributed by atoms with Crippen LogP contribution in [0.2, 0.25) is 5.02 Å². The summed E-state index contributed by atoms with van der Waals surface area (Å²) in [4.78, 5) is 17.1. The zero-order valence-corrected chi connectivity index (χ0v) is 11.3. The van der Waals surface area contributed by atoms with E-state index in [0.717, 1.165) is 11.1 Å². The molecule has 2 aromatic rings. The first-order chi connectivity index (χ1) is 9.56. The first-order valence-corrected chi connectivity index (χ1v) is 6.65. The van der Waals surface area contributed by atoms with Crippen molar-refractivity contribution >= 4 is 34.2 Å². The van der Waals surface area contributed by atoms with Crippen LogP contribution in [-0.2, 0) is 4.79 Å². The Balaban J connectivity index is 2.04. The molecule has 1 aromatic heterocycles. The summed E-state index contributed by atoms with van der Waals surface area (Å²) < 4.78 is 13.5. The molecule has 2 heterocycles. The summed E-state index contributed by atoms with van der Waals surface area (Å²) >= 11 is 5.83. The lowest BCUT2D eigenvalue weighted by atomic mass is 10.1. The highest BCUT2D eigenvalue weighted by Gasteiger charge is 2.29. The van der Waals surface area contributed by atoms with Gasteiger partial charge in [0.05, 0.1) is 16.5 Å². The van der Waals surface area contributed by atoms with Crippen LogP contribution in [0.5, 0.6) is 0 Å². The van der Waals surface area contributed by atoms with Crippen molar-refractivity contribution in [3.63, 3.8) is 0 Å². The average Bonchev–Trinajstić information content (AvgIpc) is 2.89. The number of pyridine rings is 1. The normalized spacial score (nSPS) is 18.7. The van der Waals surface area contributed by atoms with E-state index in [1.54, 1.807) is 18.3 Å². The van der Waals surface area contributed by atoms with Crippen molar-refractivity contribution in [2.45, 2.75) is 6.42 Å². The minimum absolute atomic E-state index is 0.0423. The van der Waals surface area contributed by atoms with Gasteiger partial charge in [0.2, 0.25) is 0 Å². The lowest BCUT2D eigenvalue weighted by molar-refractivity contribution is -0.140. The summed E-state index contributed by atoms with van der Waals surface area (Å²) in [5.41, 5.74) is 1.36.